The van der Waals surface area contributed by atoms with Gasteiger partial charge < -0.3 is 20.1 Å². The molecule has 3 N–H and O–H groups in total. The number of hydrogen-bond donors (Lipinski definition) is 3. The number of rotatable bonds is 7. The molecule has 2 aliphatic carbocycles. The minimum atomic E-state index is -0.610. The molecule has 1 aromatic heterocycles. The third kappa shape index (κ3) is 4.83. The Bertz CT molecular complexity index is 990. The highest BCUT2D eigenvalue weighted by molar-refractivity contribution is 5.75. The molecule has 1 unspecified atom stereocenters. The average molecular weight is 418 g/mol. The molecule has 0 radical (unpaired) electrons. The smallest absolute Gasteiger partial charge is 0.138 e. The average Bonchev–Trinajstić information content (AvgIpc) is 3.23. The maximum atomic E-state index is 9.89. The summed E-state index contributed by atoms with van der Waals surface area (Å²) in [6, 6.07) is 10.9. The van der Waals surface area contributed by atoms with Gasteiger partial charge in [0, 0.05) is 25.0 Å². The summed E-state index contributed by atoms with van der Waals surface area (Å²) in [5.74, 6) is 8.11. The monoisotopic (exact) mass is 417 g/mol. The van der Waals surface area contributed by atoms with Crippen LogP contribution in [-0.4, -0.2) is 39.0 Å². The van der Waals surface area contributed by atoms with Crippen LogP contribution in [0, 0.1) is 23.2 Å². The van der Waals surface area contributed by atoms with Crippen LogP contribution >= 0.6 is 0 Å². The molecule has 5 heteroatoms. The molecular formula is C26H31N3O2. The number of allylic oxidation sites excluding steroid dienone is 4. The predicted octanol–water partition coefficient (Wildman–Crippen LogP) is 3.33. The fourth-order valence-electron chi connectivity index (χ4n) is 4.58. The second-order valence-corrected chi connectivity index (χ2v) is 8.54. The minimum absolute atomic E-state index is 0.172. The summed E-state index contributed by atoms with van der Waals surface area (Å²) in [7, 11) is 0. The Morgan fingerprint density at radius 3 is 2.77 bits per heavy atom. The Balaban J connectivity index is 1.52. The Morgan fingerprint density at radius 1 is 1.29 bits per heavy atom. The van der Waals surface area contributed by atoms with E-state index in [4.69, 9.17) is 5.11 Å². The van der Waals surface area contributed by atoms with Crippen LogP contribution in [0.5, 0.6) is 0 Å². The van der Waals surface area contributed by atoms with Crippen molar-refractivity contribution in [2.45, 2.75) is 44.9 Å². The molecule has 0 spiro atoms. The van der Waals surface area contributed by atoms with E-state index >= 15 is 0 Å². The number of imidazole rings is 1. The second-order valence-electron chi connectivity index (χ2n) is 8.54. The number of benzene rings is 1. The normalized spacial score (nSPS) is 25.8. The number of aromatic nitrogens is 2. The first-order valence-electron chi connectivity index (χ1n) is 11.1. The first-order valence-corrected chi connectivity index (χ1v) is 11.1. The molecule has 31 heavy (non-hydrogen) atoms. The molecule has 4 rings (SSSR count). The van der Waals surface area contributed by atoms with E-state index in [0.717, 1.165) is 19.3 Å². The van der Waals surface area contributed by atoms with Gasteiger partial charge in [0.2, 0.25) is 0 Å². The van der Waals surface area contributed by atoms with Crippen molar-refractivity contribution >= 4 is 5.57 Å². The molecule has 1 saturated carbocycles. The lowest BCUT2D eigenvalue weighted by Crippen LogP contribution is -2.48. The van der Waals surface area contributed by atoms with Crippen molar-refractivity contribution in [2.75, 3.05) is 13.2 Å². The van der Waals surface area contributed by atoms with Gasteiger partial charge in [-0.1, -0.05) is 60.4 Å². The van der Waals surface area contributed by atoms with Crippen molar-refractivity contribution in [1.82, 2.24) is 14.9 Å². The third-order valence-electron chi connectivity index (χ3n) is 6.43. The zero-order valence-corrected chi connectivity index (χ0v) is 18.0. The zero-order valence-electron chi connectivity index (χ0n) is 18.0. The highest BCUT2D eigenvalue weighted by Gasteiger charge is 2.43. The maximum Gasteiger partial charge on any atom is 0.138 e. The van der Waals surface area contributed by atoms with Gasteiger partial charge in [-0.05, 0) is 43.2 Å². The summed E-state index contributed by atoms with van der Waals surface area (Å²) in [6.07, 6.45) is 12.8. The first-order chi connectivity index (χ1) is 15.1. The van der Waals surface area contributed by atoms with Crippen molar-refractivity contribution in [1.29, 1.82) is 0 Å². The number of nitrogens with one attached hydrogen (secondary N) is 1. The lowest BCUT2D eigenvalue weighted by molar-refractivity contribution is 0.129. The first kappa shape index (κ1) is 21.6. The fourth-order valence-corrected chi connectivity index (χ4v) is 4.58. The largest absolute Gasteiger partial charge is 0.395 e. The summed E-state index contributed by atoms with van der Waals surface area (Å²) in [6.45, 7) is 3.06. The standard InChI is InChI=1S/C26H31N3O2/c1-20(31)25-28-13-16-29(25)15-5-10-26(23-18-24(19-23)27-14-17-30)11-8-22(9-12-26)21-6-3-2-4-7-21/h2-4,6-9,11,13,16,20,23-24,27,30-31H,12,14-15,17-19H2,1H3/t20?,23?,24?,26-/m1/s1. The molecular weight excluding hydrogens is 386 g/mol. The SMILES string of the molecule is CC(O)c1nccn1CC#C[C@@]1(C2CC(NCCO)C2)C=CC(c2ccccc2)=CC1. The van der Waals surface area contributed by atoms with E-state index < -0.39 is 6.10 Å². The Labute approximate surface area is 184 Å². The van der Waals surface area contributed by atoms with Gasteiger partial charge in [-0.15, -0.1) is 0 Å². The highest BCUT2D eigenvalue weighted by atomic mass is 16.3. The molecule has 0 aliphatic heterocycles. The zero-order chi connectivity index (χ0) is 21.7. The summed E-state index contributed by atoms with van der Waals surface area (Å²) in [4.78, 5) is 4.24. The fraction of sp³-hybridized carbons (Fsp3) is 0.423. The lowest BCUT2D eigenvalue weighted by atomic mass is 9.60. The summed E-state index contributed by atoms with van der Waals surface area (Å²) in [5.41, 5.74) is 2.30. The lowest BCUT2D eigenvalue weighted by Gasteiger charge is -2.46. The molecule has 1 heterocycles. The van der Waals surface area contributed by atoms with Crippen LogP contribution in [0.3, 0.4) is 0 Å². The van der Waals surface area contributed by atoms with Crippen LogP contribution in [-0.2, 0) is 6.54 Å². The second kappa shape index (κ2) is 9.65. The number of nitrogens with zero attached hydrogens (tertiary/aromatic N) is 2. The summed E-state index contributed by atoms with van der Waals surface area (Å²) in [5, 5.41) is 22.4. The van der Waals surface area contributed by atoms with Gasteiger partial charge in [0.05, 0.1) is 18.6 Å². The number of aliphatic hydroxyl groups is 2. The molecule has 162 valence electrons. The van der Waals surface area contributed by atoms with Crippen LogP contribution in [0.1, 0.15) is 43.7 Å². The van der Waals surface area contributed by atoms with Gasteiger partial charge in [0.25, 0.3) is 0 Å². The van der Waals surface area contributed by atoms with Crippen LogP contribution in [0.4, 0.5) is 0 Å². The molecule has 2 aliphatic rings. The van der Waals surface area contributed by atoms with Gasteiger partial charge in [0.1, 0.15) is 11.9 Å². The molecule has 1 fully saturated rings. The Hall–Kier alpha value is -2.65. The van der Waals surface area contributed by atoms with Gasteiger partial charge in [0.15, 0.2) is 0 Å². The molecule has 0 amide bonds. The van der Waals surface area contributed by atoms with Crippen LogP contribution < -0.4 is 5.32 Å². The van der Waals surface area contributed by atoms with E-state index in [-0.39, 0.29) is 12.0 Å². The van der Waals surface area contributed by atoms with Crippen LogP contribution in [0.25, 0.3) is 5.57 Å². The van der Waals surface area contributed by atoms with E-state index in [1.54, 1.807) is 13.1 Å². The molecule has 0 bridgehead atoms. The van der Waals surface area contributed by atoms with Gasteiger partial charge >= 0.3 is 0 Å². The van der Waals surface area contributed by atoms with E-state index in [2.05, 4.69) is 64.6 Å². The Kier molecular flexibility index (Phi) is 6.72. The van der Waals surface area contributed by atoms with Crippen LogP contribution in [0.15, 0.2) is 61.0 Å². The summed E-state index contributed by atoms with van der Waals surface area (Å²) >= 11 is 0. The van der Waals surface area contributed by atoms with Crippen molar-refractivity contribution in [2.24, 2.45) is 11.3 Å². The van der Waals surface area contributed by atoms with Crippen molar-refractivity contribution in [3.8, 4) is 11.8 Å². The van der Waals surface area contributed by atoms with E-state index in [9.17, 15) is 5.11 Å². The van der Waals surface area contributed by atoms with E-state index in [1.807, 2.05) is 16.8 Å². The van der Waals surface area contributed by atoms with Crippen molar-refractivity contribution in [3.63, 3.8) is 0 Å². The number of hydrogen-bond acceptors (Lipinski definition) is 4. The molecule has 1 aromatic carbocycles. The predicted molar refractivity (Wildman–Crippen MR) is 123 cm³/mol. The maximum absolute atomic E-state index is 9.89. The van der Waals surface area contributed by atoms with Crippen LogP contribution in [0.2, 0.25) is 0 Å². The van der Waals surface area contributed by atoms with Gasteiger partial charge in [-0.2, -0.15) is 0 Å². The minimum Gasteiger partial charge on any atom is -0.395 e. The molecule has 2 atom stereocenters. The summed E-state index contributed by atoms with van der Waals surface area (Å²) < 4.78 is 1.91. The third-order valence-corrected chi connectivity index (χ3v) is 6.43. The Morgan fingerprint density at radius 2 is 2.10 bits per heavy atom. The van der Waals surface area contributed by atoms with Crippen molar-refractivity contribution in [3.05, 3.63) is 72.3 Å². The van der Waals surface area contributed by atoms with Gasteiger partial charge in [-0.25, -0.2) is 4.98 Å². The van der Waals surface area contributed by atoms with Crippen molar-refractivity contribution < 1.29 is 10.2 Å². The quantitative estimate of drug-likeness (QED) is 0.605. The van der Waals surface area contributed by atoms with Gasteiger partial charge in [-0.3, -0.25) is 0 Å². The molecule has 0 saturated heterocycles. The number of aliphatic hydroxyl groups excluding tert-OH is 2. The topological polar surface area (TPSA) is 70.3 Å². The molecule has 2 aromatic rings. The molecule has 5 nitrogen and oxygen atoms in total. The van der Waals surface area contributed by atoms with E-state index in [0.29, 0.717) is 30.9 Å². The highest BCUT2D eigenvalue weighted by Crippen LogP contribution is 2.48. The van der Waals surface area contributed by atoms with E-state index in [1.165, 1.54) is 11.1 Å².